The average Bonchev–Trinajstić information content (AvgIpc) is 2.38. The van der Waals surface area contributed by atoms with Crippen LogP contribution >= 0.6 is 0 Å². The second-order valence-electron chi connectivity index (χ2n) is 4.78. The van der Waals surface area contributed by atoms with Gasteiger partial charge >= 0.3 is 0 Å². The molecule has 1 aliphatic rings. The Balaban J connectivity index is 2.43. The summed E-state index contributed by atoms with van der Waals surface area (Å²) in [6.07, 6.45) is 0.746. The molecule has 2 rings (SSSR count). The van der Waals surface area contributed by atoms with Crippen LogP contribution in [0.3, 0.4) is 0 Å². The van der Waals surface area contributed by atoms with Crippen molar-refractivity contribution in [2.45, 2.75) is 38.7 Å². The summed E-state index contributed by atoms with van der Waals surface area (Å²) in [5, 5.41) is 3.38. The van der Waals surface area contributed by atoms with Crippen molar-refractivity contribution in [3.05, 3.63) is 28.8 Å². The van der Waals surface area contributed by atoms with E-state index in [1.54, 1.807) is 0 Å². The molecule has 2 nitrogen and oxygen atoms in total. The van der Waals surface area contributed by atoms with Crippen LogP contribution < -0.4 is 10.1 Å². The van der Waals surface area contributed by atoms with E-state index in [0.29, 0.717) is 5.75 Å². The highest BCUT2D eigenvalue weighted by molar-refractivity contribution is 5.47. The lowest BCUT2D eigenvalue weighted by Crippen LogP contribution is -2.27. The van der Waals surface area contributed by atoms with Gasteiger partial charge in [0.25, 0.3) is 6.43 Å². The second-order valence-corrected chi connectivity index (χ2v) is 4.78. The molecule has 0 saturated carbocycles. The highest BCUT2D eigenvalue weighted by atomic mass is 19.3. The summed E-state index contributed by atoms with van der Waals surface area (Å²) >= 11 is 0. The molecular weight excluding hydrogens is 236 g/mol. The number of methoxy groups -OCH3 is 1. The zero-order valence-electron chi connectivity index (χ0n) is 10.8. The predicted octanol–water partition coefficient (Wildman–Crippen LogP) is 3.76. The van der Waals surface area contributed by atoms with E-state index in [2.05, 4.69) is 5.32 Å². The van der Waals surface area contributed by atoms with Gasteiger partial charge < -0.3 is 10.1 Å². The van der Waals surface area contributed by atoms with Gasteiger partial charge in [0.15, 0.2) is 0 Å². The first-order valence-corrected chi connectivity index (χ1v) is 6.33. The minimum absolute atomic E-state index is 0.000117. The lowest BCUT2D eigenvalue weighted by molar-refractivity contribution is 0.146. The molecule has 0 aliphatic carbocycles. The number of rotatable bonds is 3. The highest BCUT2D eigenvalue weighted by Crippen LogP contribution is 2.38. The number of benzene rings is 1. The summed E-state index contributed by atoms with van der Waals surface area (Å²) in [4.78, 5) is 0. The minimum atomic E-state index is -2.50. The van der Waals surface area contributed by atoms with E-state index in [0.717, 1.165) is 36.9 Å². The maximum Gasteiger partial charge on any atom is 0.267 e. The molecule has 1 N–H and O–H groups in total. The Hall–Kier alpha value is -1.16. The van der Waals surface area contributed by atoms with Gasteiger partial charge in [0, 0.05) is 11.6 Å². The fourth-order valence-electron chi connectivity index (χ4n) is 2.60. The monoisotopic (exact) mass is 255 g/mol. The van der Waals surface area contributed by atoms with Crippen LogP contribution in [0.2, 0.25) is 0 Å². The third-order valence-corrected chi connectivity index (χ3v) is 3.42. The van der Waals surface area contributed by atoms with E-state index in [9.17, 15) is 8.78 Å². The SMILES string of the molecule is COc1c(C(F)F)cc(C)cc1C1CCCCN1. The lowest BCUT2D eigenvalue weighted by atomic mass is 9.93. The first-order chi connectivity index (χ1) is 8.63. The van der Waals surface area contributed by atoms with Crippen molar-refractivity contribution in [3.8, 4) is 5.75 Å². The number of nitrogens with one attached hydrogen (secondary N) is 1. The fourth-order valence-corrected chi connectivity index (χ4v) is 2.60. The summed E-state index contributed by atoms with van der Waals surface area (Å²) < 4.78 is 31.3. The molecule has 1 aliphatic heterocycles. The summed E-state index contributed by atoms with van der Waals surface area (Å²) in [7, 11) is 1.46. The van der Waals surface area contributed by atoms with Crippen molar-refractivity contribution < 1.29 is 13.5 Å². The number of hydrogen-bond donors (Lipinski definition) is 1. The van der Waals surface area contributed by atoms with Crippen LogP contribution in [0.4, 0.5) is 8.78 Å². The predicted molar refractivity (Wildman–Crippen MR) is 67.3 cm³/mol. The third-order valence-electron chi connectivity index (χ3n) is 3.42. The molecule has 1 unspecified atom stereocenters. The molecule has 0 amide bonds. The molecule has 0 spiro atoms. The molecule has 1 atom stereocenters. The van der Waals surface area contributed by atoms with Crippen LogP contribution in [-0.4, -0.2) is 13.7 Å². The Labute approximate surface area is 106 Å². The summed E-state index contributed by atoms with van der Waals surface area (Å²) in [5.41, 5.74) is 1.72. The lowest BCUT2D eigenvalue weighted by Gasteiger charge is -2.26. The molecule has 0 aromatic heterocycles. The third kappa shape index (κ3) is 2.64. The number of hydrogen-bond acceptors (Lipinski definition) is 2. The van der Waals surface area contributed by atoms with E-state index in [1.165, 1.54) is 13.2 Å². The number of piperidine rings is 1. The molecule has 18 heavy (non-hydrogen) atoms. The molecule has 1 saturated heterocycles. The molecular formula is C14H19F2NO. The van der Waals surface area contributed by atoms with Crippen molar-refractivity contribution >= 4 is 0 Å². The smallest absolute Gasteiger partial charge is 0.267 e. The zero-order chi connectivity index (χ0) is 13.1. The summed E-state index contributed by atoms with van der Waals surface area (Å²) in [5.74, 6) is 0.343. The molecule has 4 heteroatoms. The zero-order valence-corrected chi connectivity index (χ0v) is 10.8. The van der Waals surface area contributed by atoms with Crippen LogP contribution in [-0.2, 0) is 0 Å². The quantitative estimate of drug-likeness (QED) is 0.888. The Morgan fingerprint density at radius 3 is 2.67 bits per heavy atom. The number of halogens is 2. The van der Waals surface area contributed by atoms with E-state index >= 15 is 0 Å². The normalized spacial score (nSPS) is 20.2. The average molecular weight is 255 g/mol. The summed E-state index contributed by atoms with van der Waals surface area (Å²) in [6.45, 7) is 2.78. The van der Waals surface area contributed by atoms with E-state index in [-0.39, 0.29) is 11.6 Å². The van der Waals surface area contributed by atoms with Crippen LogP contribution in [0.1, 0.15) is 48.4 Å². The molecule has 0 radical (unpaired) electrons. The molecule has 1 aromatic rings. The van der Waals surface area contributed by atoms with Gasteiger partial charge in [-0.2, -0.15) is 0 Å². The largest absolute Gasteiger partial charge is 0.496 e. The van der Waals surface area contributed by atoms with Crippen LogP contribution in [0, 0.1) is 6.92 Å². The fraction of sp³-hybridized carbons (Fsp3) is 0.571. The van der Waals surface area contributed by atoms with Crippen molar-refractivity contribution in [1.82, 2.24) is 5.32 Å². The topological polar surface area (TPSA) is 21.3 Å². The maximum atomic E-state index is 13.0. The minimum Gasteiger partial charge on any atom is -0.496 e. The van der Waals surface area contributed by atoms with Gasteiger partial charge in [-0.3, -0.25) is 0 Å². The number of aryl methyl sites for hydroxylation is 1. The van der Waals surface area contributed by atoms with Crippen LogP contribution in [0.5, 0.6) is 5.75 Å². The molecule has 1 fully saturated rings. The van der Waals surface area contributed by atoms with Gasteiger partial charge in [-0.05, 0) is 32.4 Å². The van der Waals surface area contributed by atoms with E-state index in [4.69, 9.17) is 4.74 Å². The highest BCUT2D eigenvalue weighted by Gasteiger charge is 2.24. The van der Waals surface area contributed by atoms with Crippen molar-refractivity contribution in [3.63, 3.8) is 0 Å². The van der Waals surface area contributed by atoms with Gasteiger partial charge in [0.05, 0.1) is 12.7 Å². The Bertz CT molecular complexity index is 415. The van der Waals surface area contributed by atoms with E-state index in [1.807, 2.05) is 13.0 Å². The maximum absolute atomic E-state index is 13.0. The standard InChI is InChI=1S/C14H19F2NO/c1-9-7-10(12-5-3-4-6-17-12)13(18-2)11(8-9)14(15)16/h7-8,12,14,17H,3-6H2,1-2H3. The van der Waals surface area contributed by atoms with Gasteiger partial charge in [-0.25, -0.2) is 8.78 Å². The van der Waals surface area contributed by atoms with Gasteiger partial charge in [0.1, 0.15) is 5.75 Å². The van der Waals surface area contributed by atoms with Gasteiger partial charge in [0.2, 0.25) is 0 Å². The van der Waals surface area contributed by atoms with Gasteiger partial charge in [-0.15, -0.1) is 0 Å². The van der Waals surface area contributed by atoms with Crippen molar-refractivity contribution in [2.24, 2.45) is 0 Å². The summed E-state index contributed by atoms with van der Waals surface area (Å²) in [6, 6.07) is 3.59. The Morgan fingerprint density at radius 2 is 2.11 bits per heavy atom. The van der Waals surface area contributed by atoms with Gasteiger partial charge in [-0.1, -0.05) is 18.1 Å². The number of alkyl halides is 2. The molecule has 100 valence electrons. The second kappa shape index (κ2) is 5.65. The first-order valence-electron chi connectivity index (χ1n) is 6.33. The van der Waals surface area contributed by atoms with Crippen LogP contribution in [0.15, 0.2) is 12.1 Å². The molecule has 1 heterocycles. The first kappa shape index (κ1) is 13.3. The Kier molecular flexibility index (Phi) is 4.17. The van der Waals surface area contributed by atoms with Crippen molar-refractivity contribution in [2.75, 3.05) is 13.7 Å². The Morgan fingerprint density at radius 1 is 1.33 bits per heavy atom. The van der Waals surface area contributed by atoms with Crippen molar-refractivity contribution in [1.29, 1.82) is 0 Å². The number of ether oxygens (including phenoxy) is 1. The van der Waals surface area contributed by atoms with Crippen LogP contribution in [0.25, 0.3) is 0 Å². The van der Waals surface area contributed by atoms with E-state index < -0.39 is 6.43 Å². The molecule has 1 aromatic carbocycles. The molecule has 0 bridgehead atoms.